The Kier molecular flexibility index (Phi) is 8.95. The van der Waals surface area contributed by atoms with Crippen molar-refractivity contribution in [3.63, 3.8) is 0 Å². The van der Waals surface area contributed by atoms with Crippen LogP contribution in [0, 0.1) is 22.7 Å². The van der Waals surface area contributed by atoms with E-state index >= 15 is 0 Å². The number of ether oxygens (including phenoxy) is 2. The number of aliphatic hydroxyl groups is 1. The molecule has 2 unspecified atom stereocenters. The molecule has 1 saturated carbocycles. The fourth-order valence-electron chi connectivity index (χ4n) is 3.56. The average molecular weight is 474 g/mol. The van der Waals surface area contributed by atoms with Crippen LogP contribution in [0.15, 0.2) is 72.8 Å². The van der Waals surface area contributed by atoms with E-state index in [9.17, 15) is 4.79 Å². The Morgan fingerprint density at radius 1 is 1.00 bits per heavy atom. The third-order valence-electron chi connectivity index (χ3n) is 5.59. The van der Waals surface area contributed by atoms with E-state index in [1.54, 1.807) is 24.3 Å². The molecule has 0 aliphatic heterocycles. The van der Waals surface area contributed by atoms with E-state index in [-0.39, 0.29) is 24.4 Å². The molecule has 180 valence electrons. The second-order valence-corrected chi connectivity index (χ2v) is 7.84. The van der Waals surface area contributed by atoms with Gasteiger partial charge in [-0.3, -0.25) is 4.79 Å². The van der Waals surface area contributed by atoms with Gasteiger partial charge in [0.25, 0.3) is 0 Å². The molecule has 0 aromatic heterocycles. The van der Waals surface area contributed by atoms with Crippen LogP contribution in [0.5, 0.6) is 11.5 Å². The predicted molar refractivity (Wildman–Crippen MR) is 130 cm³/mol. The van der Waals surface area contributed by atoms with E-state index in [1.807, 2.05) is 48.5 Å². The maximum atomic E-state index is 11.5. The van der Waals surface area contributed by atoms with Crippen molar-refractivity contribution in [3.8, 4) is 17.6 Å². The van der Waals surface area contributed by atoms with Gasteiger partial charge < -0.3 is 24.8 Å². The van der Waals surface area contributed by atoms with Crippen molar-refractivity contribution in [3.05, 3.63) is 95.1 Å². The van der Waals surface area contributed by atoms with Gasteiger partial charge in [0, 0.05) is 7.11 Å². The van der Waals surface area contributed by atoms with Gasteiger partial charge in [0.15, 0.2) is 0 Å². The van der Waals surface area contributed by atoms with Crippen molar-refractivity contribution in [2.24, 2.45) is 11.8 Å². The quantitative estimate of drug-likeness (QED) is 0.318. The SMILES string of the molecule is CO.N#Cc1ccc(C(=N)COc2ccc(COc3ccc(C4CC4C(=O)ON)cc3)cc2)cc1. The molecule has 1 aliphatic carbocycles. The number of nitrogens with zero attached hydrogens (tertiary/aromatic N) is 1. The molecular weight excluding hydrogens is 446 g/mol. The molecule has 1 aliphatic rings. The standard InChI is InChI=1S/C26H23N3O4.CH4O/c27-14-17-1-5-20(6-2-17)25(28)16-32-21-9-3-18(4-10-21)15-31-22-11-7-19(8-12-22)23-13-24(23)26(30)33-29;1-2/h1-12,23-24,28H,13,15-16,29H2;2H,1H3. The van der Waals surface area contributed by atoms with Crippen LogP contribution in [0.25, 0.3) is 0 Å². The van der Waals surface area contributed by atoms with Crippen molar-refractivity contribution >= 4 is 11.7 Å². The summed E-state index contributed by atoms with van der Waals surface area (Å²) in [6.45, 7) is 0.547. The number of aliphatic hydroxyl groups excluding tert-OH is 1. The third-order valence-corrected chi connectivity index (χ3v) is 5.59. The molecule has 0 radical (unpaired) electrons. The Labute approximate surface area is 203 Å². The van der Waals surface area contributed by atoms with Gasteiger partial charge in [0.05, 0.1) is 23.3 Å². The summed E-state index contributed by atoms with van der Waals surface area (Å²) in [4.78, 5) is 15.8. The van der Waals surface area contributed by atoms with Gasteiger partial charge in [-0.2, -0.15) is 11.2 Å². The van der Waals surface area contributed by atoms with E-state index in [0.717, 1.165) is 36.0 Å². The Bertz CT molecular complexity index is 1170. The largest absolute Gasteiger partial charge is 0.489 e. The summed E-state index contributed by atoms with van der Waals surface area (Å²) in [7, 11) is 1.00. The fourth-order valence-corrected chi connectivity index (χ4v) is 3.56. The minimum Gasteiger partial charge on any atom is -0.489 e. The first-order valence-electron chi connectivity index (χ1n) is 10.9. The predicted octanol–water partition coefficient (Wildman–Crippen LogP) is 3.71. The van der Waals surface area contributed by atoms with Gasteiger partial charge >= 0.3 is 5.97 Å². The summed E-state index contributed by atoms with van der Waals surface area (Å²) in [6.07, 6.45) is 0.762. The van der Waals surface area contributed by atoms with Crippen molar-refractivity contribution in [2.45, 2.75) is 18.9 Å². The molecule has 8 nitrogen and oxygen atoms in total. The zero-order chi connectivity index (χ0) is 25.2. The van der Waals surface area contributed by atoms with Crippen LogP contribution in [0.3, 0.4) is 0 Å². The molecule has 2 atom stereocenters. The first-order chi connectivity index (χ1) is 17.1. The second-order valence-electron chi connectivity index (χ2n) is 7.84. The highest BCUT2D eigenvalue weighted by molar-refractivity contribution is 5.99. The highest BCUT2D eigenvalue weighted by atomic mass is 16.7. The van der Waals surface area contributed by atoms with Crippen molar-refractivity contribution < 1.29 is 24.2 Å². The lowest BCUT2D eigenvalue weighted by Crippen LogP contribution is -2.12. The van der Waals surface area contributed by atoms with E-state index in [2.05, 4.69) is 10.9 Å². The topological polar surface area (TPSA) is 139 Å². The van der Waals surface area contributed by atoms with Crippen molar-refractivity contribution in [1.29, 1.82) is 10.7 Å². The molecule has 0 heterocycles. The molecule has 0 spiro atoms. The van der Waals surface area contributed by atoms with E-state index in [1.165, 1.54) is 0 Å². The molecule has 3 aromatic carbocycles. The van der Waals surface area contributed by atoms with Gasteiger partial charge in [-0.05, 0) is 65.4 Å². The monoisotopic (exact) mass is 473 g/mol. The highest BCUT2D eigenvalue weighted by Crippen LogP contribution is 2.48. The molecule has 4 rings (SSSR count). The summed E-state index contributed by atoms with van der Waals surface area (Å²) in [6, 6.07) is 24.2. The average Bonchev–Trinajstić information content (AvgIpc) is 3.73. The zero-order valence-electron chi connectivity index (χ0n) is 19.3. The third kappa shape index (κ3) is 6.90. The van der Waals surface area contributed by atoms with Crippen LogP contribution in [0.4, 0.5) is 0 Å². The number of carbonyl (C=O) groups excluding carboxylic acids is 1. The number of nitrogens with one attached hydrogen (secondary N) is 1. The van der Waals surface area contributed by atoms with E-state index in [4.69, 9.17) is 31.1 Å². The zero-order valence-corrected chi connectivity index (χ0v) is 19.3. The number of hydrogen-bond donors (Lipinski definition) is 3. The molecule has 8 heteroatoms. The number of nitrogens with two attached hydrogens (primary N) is 1. The number of benzene rings is 3. The molecule has 0 amide bonds. The van der Waals surface area contributed by atoms with Gasteiger partial charge in [-0.1, -0.05) is 36.4 Å². The van der Waals surface area contributed by atoms with E-state index < -0.39 is 0 Å². The number of rotatable bonds is 9. The fraction of sp³-hybridized carbons (Fsp3) is 0.222. The van der Waals surface area contributed by atoms with Gasteiger partial charge in [0.2, 0.25) is 0 Å². The van der Waals surface area contributed by atoms with Crippen LogP contribution in [0.2, 0.25) is 0 Å². The Balaban J connectivity index is 0.00000167. The van der Waals surface area contributed by atoms with Crippen LogP contribution in [-0.4, -0.2) is 30.5 Å². The lowest BCUT2D eigenvalue weighted by molar-refractivity contribution is -0.145. The molecule has 0 saturated heterocycles. The van der Waals surface area contributed by atoms with Crippen LogP contribution in [-0.2, 0) is 16.2 Å². The highest BCUT2D eigenvalue weighted by Gasteiger charge is 2.45. The number of hydrogen-bond acceptors (Lipinski definition) is 8. The minimum atomic E-state index is -0.362. The molecule has 1 fully saturated rings. The molecular formula is C27H27N3O5. The van der Waals surface area contributed by atoms with Crippen LogP contribution < -0.4 is 15.4 Å². The molecule has 0 bridgehead atoms. The Morgan fingerprint density at radius 3 is 2.20 bits per heavy atom. The summed E-state index contributed by atoms with van der Waals surface area (Å²) >= 11 is 0. The van der Waals surface area contributed by atoms with Gasteiger partial charge in [0.1, 0.15) is 24.7 Å². The first kappa shape index (κ1) is 25.4. The lowest BCUT2D eigenvalue weighted by Gasteiger charge is -2.10. The van der Waals surface area contributed by atoms with E-state index in [0.29, 0.717) is 23.6 Å². The Morgan fingerprint density at radius 2 is 1.60 bits per heavy atom. The molecule has 35 heavy (non-hydrogen) atoms. The second kappa shape index (κ2) is 12.3. The van der Waals surface area contributed by atoms with Crippen molar-refractivity contribution in [2.75, 3.05) is 13.7 Å². The maximum absolute atomic E-state index is 11.5. The summed E-state index contributed by atoms with van der Waals surface area (Å²) in [5.41, 5.74) is 3.69. The van der Waals surface area contributed by atoms with Crippen LogP contribution >= 0.6 is 0 Å². The first-order valence-corrected chi connectivity index (χ1v) is 10.9. The number of nitriles is 1. The maximum Gasteiger partial charge on any atom is 0.328 e. The summed E-state index contributed by atoms with van der Waals surface area (Å²) < 4.78 is 11.5. The van der Waals surface area contributed by atoms with Gasteiger partial charge in [-0.25, -0.2) is 0 Å². The normalized spacial score (nSPS) is 15.6. The van der Waals surface area contributed by atoms with Crippen LogP contribution in [0.1, 0.15) is 34.6 Å². The lowest BCUT2D eigenvalue weighted by atomic mass is 10.1. The Hall–Kier alpha value is -4.19. The number of carbonyl (C=O) groups is 1. The molecule has 3 aromatic rings. The van der Waals surface area contributed by atoms with Gasteiger partial charge in [-0.15, -0.1) is 0 Å². The molecule has 4 N–H and O–H groups in total. The smallest absolute Gasteiger partial charge is 0.328 e. The summed E-state index contributed by atoms with van der Waals surface area (Å²) in [5, 5.41) is 24.0. The minimum absolute atomic E-state index is 0.138. The summed E-state index contributed by atoms with van der Waals surface area (Å²) in [5.74, 6) is 6.02. The van der Waals surface area contributed by atoms with Crippen molar-refractivity contribution in [1.82, 2.24) is 0 Å².